The normalized spacial score (nSPS) is 11.2. The van der Waals surface area contributed by atoms with E-state index in [9.17, 15) is 9.59 Å². The summed E-state index contributed by atoms with van der Waals surface area (Å²) in [5, 5.41) is 2.70. The van der Waals surface area contributed by atoms with E-state index >= 15 is 0 Å². The van der Waals surface area contributed by atoms with E-state index in [1.165, 1.54) is 5.56 Å². The molecule has 6 heteroatoms. The van der Waals surface area contributed by atoms with Crippen LogP contribution in [0.25, 0.3) is 0 Å². The first-order chi connectivity index (χ1) is 13.6. The molecule has 1 N–H and O–H groups in total. The van der Waals surface area contributed by atoms with Gasteiger partial charge in [-0.1, -0.05) is 54.6 Å². The Morgan fingerprint density at radius 3 is 2.61 bits per heavy atom. The van der Waals surface area contributed by atoms with Crippen molar-refractivity contribution in [3.8, 4) is 5.75 Å². The van der Waals surface area contributed by atoms with Gasteiger partial charge in [-0.2, -0.15) is 0 Å². The molecule has 0 bridgehead atoms. The minimum absolute atomic E-state index is 0.0553. The van der Waals surface area contributed by atoms with Crippen LogP contribution in [0.4, 0.5) is 4.79 Å². The highest BCUT2D eigenvalue weighted by Crippen LogP contribution is 2.10. The lowest BCUT2D eigenvalue weighted by Crippen LogP contribution is -2.36. The lowest BCUT2D eigenvalue weighted by atomic mass is 10.1. The van der Waals surface area contributed by atoms with Gasteiger partial charge >= 0.3 is 12.1 Å². The van der Waals surface area contributed by atoms with Crippen molar-refractivity contribution in [2.75, 3.05) is 19.8 Å². The number of hydrogen-bond donors (Lipinski definition) is 1. The van der Waals surface area contributed by atoms with Crippen molar-refractivity contribution in [1.82, 2.24) is 5.32 Å². The Hall–Kier alpha value is -3.28. The third kappa shape index (κ3) is 7.95. The van der Waals surface area contributed by atoms with Gasteiger partial charge in [0.2, 0.25) is 0 Å². The van der Waals surface area contributed by atoms with Gasteiger partial charge in [-0.05, 0) is 31.0 Å². The third-order valence-electron chi connectivity index (χ3n) is 3.80. The van der Waals surface area contributed by atoms with Crippen LogP contribution in [0.15, 0.2) is 67.3 Å². The van der Waals surface area contributed by atoms with Crippen LogP contribution < -0.4 is 10.1 Å². The van der Waals surface area contributed by atoms with E-state index in [0.717, 1.165) is 11.6 Å². The second-order valence-corrected chi connectivity index (χ2v) is 6.15. The van der Waals surface area contributed by atoms with E-state index in [4.69, 9.17) is 14.2 Å². The summed E-state index contributed by atoms with van der Waals surface area (Å²) in [7, 11) is 0. The van der Waals surface area contributed by atoms with Crippen LogP contribution in [0.3, 0.4) is 0 Å². The molecule has 0 radical (unpaired) electrons. The molecule has 0 aliphatic heterocycles. The van der Waals surface area contributed by atoms with Crippen LogP contribution in [0.5, 0.6) is 5.75 Å². The number of esters is 1. The van der Waals surface area contributed by atoms with E-state index in [-0.39, 0.29) is 13.2 Å². The molecule has 2 rings (SSSR count). The highest BCUT2D eigenvalue weighted by Gasteiger charge is 2.17. The number of nitrogens with one attached hydrogen (secondary N) is 1. The lowest BCUT2D eigenvalue weighted by Gasteiger charge is -2.18. The number of ether oxygens (including phenoxy) is 3. The molecule has 0 aliphatic rings. The van der Waals surface area contributed by atoms with Crippen LogP contribution in [-0.2, 0) is 20.7 Å². The maximum atomic E-state index is 12.1. The van der Waals surface area contributed by atoms with Gasteiger partial charge in [0.1, 0.15) is 19.0 Å². The maximum absolute atomic E-state index is 12.1. The summed E-state index contributed by atoms with van der Waals surface area (Å²) in [6, 6.07) is 17.2. The molecule has 0 aromatic heterocycles. The van der Waals surface area contributed by atoms with Gasteiger partial charge < -0.3 is 19.5 Å². The minimum atomic E-state index is -0.747. The standard InChI is InChI=1S/C22H25NO5/c1-3-21(24)27-16-20(15-26-19-10-5-4-6-11-19)28-22(25)23-13-12-18-9-7-8-17(2)14-18/h3-11,14,20H,1,12-13,15-16H2,2H3,(H,23,25). The monoisotopic (exact) mass is 383 g/mol. The quantitative estimate of drug-likeness (QED) is 0.503. The molecule has 6 nitrogen and oxygen atoms in total. The van der Waals surface area contributed by atoms with Crippen molar-refractivity contribution in [2.45, 2.75) is 19.4 Å². The Bertz CT molecular complexity index is 776. The van der Waals surface area contributed by atoms with Crippen LogP contribution in [0.1, 0.15) is 11.1 Å². The SMILES string of the molecule is C=CC(=O)OCC(COc1ccccc1)OC(=O)NCCc1cccc(C)c1. The lowest BCUT2D eigenvalue weighted by molar-refractivity contribution is -0.141. The van der Waals surface area contributed by atoms with Crippen molar-refractivity contribution in [3.05, 3.63) is 78.4 Å². The predicted molar refractivity (Wildman–Crippen MR) is 106 cm³/mol. The van der Waals surface area contributed by atoms with Crippen molar-refractivity contribution in [1.29, 1.82) is 0 Å². The van der Waals surface area contributed by atoms with Crippen molar-refractivity contribution >= 4 is 12.1 Å². The van der Waals surface area contributed by atoms with Crippen molar-refractivity contribution in [2.24, 2.45) is 0 Å². The molecule has 1 amide bonds. The largest absolute Gasteiger partial charge is 0.490 e. The van der Waals surface area contributed by atoms with E-state index in [2.05, 4.69) is 18.0 Å². The Morgan fingerprint density at radius 1 is 1.11 bits per heavy atom. The molecule has 2 aromatic carbocycles. The van der Waals surface area contributed by atoms with Gasteiger partial charge in [0.25, 0.3) is 0 Å². The fourth-order valence-electron chi connectivity index (χ4n) is 2.43. The first-order valence-electron chi connectivity index (χ1n) is 9.04. The number of alkyl carbamates (subject to hydrolysis) is 1. The first kappa shape index (κ1) is 21.0. The Labute approximate surface area is 165 Å². The van der Waals surface area contributed by atoms with E-state index in [1.807, 2.05) is 43.3 Å². The molecule has 1 unspecified atom stereocenters. The zero-order valence-corrected chi connectivity index (χ0v) is 15.9. The number of carbonyl (C=O) groups is 2. The van der Waals surface area contributed by atoms with Crippen LogP contribution in [-0.4, -0.2) is 37.9 Å². The molecular formula is C22H25NO5. The van der Waals surface area contributed by atoms with Crippen molar-refractivity contribution < 1.29 is 23.8 Å². The molecule has 2 aromatic rings. The van der Waals surface area contributed by atoms with E-state index < -0.39 is 18.2 Å². The number of amides is 1. The summed E-state index contributed by atoms with van der Waals surface area (Å²) in [5.74, 6) is 0.0409. The zero-order valence-electron chi connectivity index (χ0n) is 15.9. The predicted octanol–water partition coefficient (Wildman–Crippen LogP) is 3.44. The third-order valence-corrected chi connectivity index (χ3v) is 3.80. The fraction of sp³-hybridized carbons (Fsp3) is 0.273. The second-order valence-electron chi connectivity index (χ2n) is 6.15. The molecule has 1 atom stereocenters. The van der Waals surface area contributed by atoms with Gasteiger partial charge in [0.15, 0.2) is 6.10 Å². The summed E-state index contributed by atoms with van der Waals surface area (Å²) in [4.78, 5) is 23.4. The van der Waals surface area contributed by atoms with E-state index in [1.54, 1.807) is 12.1 Å². The average molecular weight is 383 g/mol. The molecule has 0 heterocycles. The summed E-state index contributed by atoms with van der Waals surface area (Å²) in [6.07, 6.45) is 0.400. The topological polar surface area (TPSA) is 73.9 Å². The molecule has 0 saturated carbocycles. The van der Waals surface area contributed by atoms with Gasteiger partial charge in [0, 0.05) is 12.6 Å². The van der Waals surface area contributed by atoms with Gasteiger partial charge in [-0.15, -0.1) is 0 Å². The minimum Gasteiger partial charge on any atom is -0.490 e. The Morgan fingerprint density at radius 2 is 1.89 bits per heavy atom. The number of carbonyl (C=O) groups excluding carboxylic acids is 2. The van der Waals surface area contributed by atoms with Crippen molar-refractivity contribution in [3.63, 3.8) is 0 Å². The second kappa shape index (κ2) is 11.4. The molecular weight excluding hydrogens is 358 g/mol. The fourth-order valence-corrected chi connectivity index (χ4v) is 2.43. The number of benzene rings is 2. The average Bonchev–Trinajstić information content (AvgIpc) is 2.70. The Balaban J connectivity index is 1.81. The van der Waals surface area contributed by atoms with Crippen LogP contribution in [0.2, 0.25) is 0 Å². The first-order valence-corrected chi connectivity index (χ1v) is 9.04. The zero-order chi connectivity index (χ0) is 20.2. The molecule has 0 fully saturated rings. The number of aryl methyl sites for hydroxylation is 1. The van der Waals surface area contributed by atoms with Crippen LogP contribution >= 0.6 is 0 Å². The smallest absolute Gasteiger partial charge is 0.407 e. The highest BCUT2D eigenvalue weighted by molar-refractivity contribution is 5.81. The molecule has 28 heavy (non-hydrogen) atoms. The highest BCUT2D eigenvalue weighted by atomic mass is 16.6. The number of hydrogen-bond acceptors (Lipinski definition) is 5. The molecule has 148 valence electrons. The summed E-state index contributed by atoms with van der Waals surface area (Å²) in [5.41, 5.74) is 2.30. The van der Waals surface area contributed by atoms with Gasteiger partial charge in [-0.25, -0.2) is 9.59 Å². The summed E-state index contributed by atoms with van der Waals surface area (Å²) in [6.45, 7) is 5.73. The summed E-state index contributed by atoms with van der Waals surface area (Å²) < 4.78 is 15.9. The van der Waals surface area contributed by atoms with Gasteiger partial charge in [0.05, 0.1) is 0 Å². The summed E-state index contributed by atoms with van der Waals surface area (Å²) >= 11 is 0. The Kier molecular flexibility index (Phi) is 8.59. The maximum Gasteiger partial charge on any atom is 0.407 e. The number of rotatable bonds is 10. The number of para-hydroxylation sites is 1. The van der Waals surface area contributed by atoms with E-state index in [0.29, 0.717) is 18.7 Å². The molecule has 0 spiro atoms. The van der Waals surface area contributed by atoms with Gasteiger partial charge in [-0.3, -0.25) is 0 Å². The molecule has 0 aliphatic carbocycles. The molecule has 0 saturated heterocycles. The van der Waals surface area contributed by atoms with Crippen LogP contribution in [0, 0.1) is 6.92 Å².